The van der Waals surface area contributed by atoms with E-state index in [1.807, 2.05) is 12.2 Å². The maximum atomic E-state index is 3.84. The van der Waals surface area contributed by atoms with Gasteiger partial charge in [-0.15, -0.1) is 0 Å². The van der Waals surface area contributed by atoms with Crippen molar-refractivity contribution in [1.29, 1.82) is 0 Å². The lowest BCUT2D eigenvalue weighted by molar-refractivity contribution is 0.863. The third-order valence-electron chi connectivity index (χ3n) is 2.41. The Morgan fingerprint density at radius 1 is 1.20 bits per heavy atom. The molecule has 0 heterocycles. The van der Waals surface area contributed by atoms with Crippen LogP contribution in [0.5, 0.6) is 0 Å². The fourth-order valence-electron chi connectivity index (χ4n) is 1.66. The van der Waals surface area contributed by atoms with Crippen LogP contribution in [0.2, 0.25) is 0 Å². The Morgan fingerprint density at radius 2 is 1.87 bits per heavy atom. The minimum Gasteiger partial charge on any atom is -0.0990 e. The highest BCUT2D eigenvalue weighted by Gasteiger charge is 2.06. The molecule has 0 spiro atoms. The van der Waals surface area contributed by atoms with Gasteiger partial charge in [-0.2, -0.15) is 0 Å². The van der Waals surface area contributed by atoms with E-state index in [0.29, 0.717) is 5.92 Å². The fraction of sp³-hybridized carbons (Fsp3) is 0.200. The molecule has 0 aliphatic rings. The van der Waals surface area contributed by atoms with Crippen molar-refractivity contribution in [1.82, 2.24) is 0 Å². The van der Waals surface area contributed by atoms with Crippen molar-refractivity contribution in [3.8, 4) is 0 Å². The van der Waals surface area contributed by atoms with Crippen LogP contribution in [0.1, 0.15) is 30.9 Å². The van der Waals surface area contributed by atoms with Gasteiger partial charge in [-0.3, -0.25) is 0 Å². The molecule has 1 aromatic carbocycles. The molecule has 0 fully saturated rings. The fourth-order valence-corrected chi connectivity index (χ4v) is 1.66. The highest BCUT2D eigenvalue weighted by Crippen LogP contribution is 2.26. The summed E-state index contributed by atoms with van der Waals surface area (Å²) in [4.78, 5) is 0. The van der Waals surface area contributed by atoms with Gasteiger partial charge in [0.15, 0.2) is 0 Å². The summed E-state index contributed by atoms with van der Waals surface area (Å²) in [6.45, 7) is 12.0. The Hall–Kier alpha value is -1.56. The summed E-state index contributed by atoms with van der Waals surface area (Å²) in [5, 5.41) is 0. The van der Waals surface area contributed by atoms with E-state index < -0.39 is 0 Å². The largest absolute Gasteiger partial charge is 0.0990 e. The average Bonchev–Trinajstić information content (AvgIpc) is 2.26. The number of allylic oxidation sites excluding steroid dienone is 4. The van der Waals surface area contributed by atoms with Crippen molar-refractivity contribution >= 4 is 5.57 Å². The summed E-state index contributed by atoms with van der Waals surface area (Å²) >= 11 is 0. The topological polar surface area (TPSA) is 0 Å². The summed E-state index contributed by atoms with van der Waals surface area (Å²) in [6, 6.07) is 8.43. The molecule has 0 saturated carbocycles. The third-order valence-corrected chi connectivity index (χ3v) is 2.41. The van der Waals surface area contributed by atoms with Crippen LogP contribution in [0.3, 0.4) is 0 Å². The van der Waals surface area contributed by atoms with Gasteiger partial charge in [0, 0.05) is 0 Å². The second-order valence-electron chi connectivity index (χ2n) is 3.80. The predicted molar refractivity (Wildman–Crippen MR) is 68.9 cm³/mol. The van der Waals surface area contributed by atoms with Crippen LogP contribution in [0, 0.1) is 0 Å². The summed E-state index contributed by atoms with van der Waals surface area (Å²) in [6.07, 6.45) is 5.67. The first-order valence-corrected chi connectivity index (χ1v) is 5.25. The quantitative estimate of drug-likeness (QED) is 0.622. The molecule has 0 saturated heterocycles. The number of hydrogen-bond donors (Lipinski definition) is 0. The van der Waals surface area contributed by atoms with Crippen LogP contribution in [0.15, 0.2) is 55.7 Å². The number of benzene rings is 1. The van der Waals surface area contributed by atoms with Crippen molar-refractivity contribution in [2.24, 2.45) is 0 Å². The van der Waals surface area contributed by atoms with E-state index in [4.69, 9.17) is 0 Å². The monoisotopic (exact) mass is 198 g/mol. The molecule has 0 aromatic heterocycles. The van der Waals surface area contributed by atoms with Crippen LogP contribution in [0.25, 0.3) is 5.57 Å². The van der Waals surface area contributed by atoms with Crippen molar-refractivity contribution in [2.75, 3.05) is 0 Å². The van der Waals surface area contributed by atoms with E-state index in [1.165, 1.54) is 11.1 Å². The molecule has 0 atom stereocenters. The Balaban J connectivity index is 3.28. The molecule has 78 valence electrons. The Bertz CT molecular complexity index is 381. The first kappa shape index (κ1) is 11.5. The molecule has 15 heavy (non-hydrogen) atoms. The van der Waals surface area contributed by atoms with Gasteiger partial charge in [0.2, 0.25) is 0 Å². The van der Waals surface area contributed by atoms with Crippen LogP contribution in [-0.2, 0) is 0 Å². The van der Waals surface area contributed by atoms with E-state index in [2.05, 4.69) is 51.3 Å². The molecular weight excluding hydrogens is 180 g/mol. The first-order valence-electron chi connectivity index (χ1n) is 5.25. The Morgan fingerprint density at radius 3 is 2.40 bits per heavy atom. The zero-order valence-corrected chi connectivity index (χ0v) is 9.53. The lowest BCUT2D eigenvalue weighted by Crippen LogP contribution is -1.94. The van der Waals surface area contributed by atoms with E-state index >= 15 is 0 Å². The summed E-state index contributed by atoms with van der Waals surface area (Å²) in [7, 11) is 0. The van der Waals surface area contributed by atoms with Gasteiger partial charge >= 0.3 is 0 Å². The lowest BCUT2D eigenvalue weighted by Gasteiger charge is -2.12. The standard InChI is InChI=1S/C15H18/c1-5-9-13(6-2)15-11-8-7-10-14(15)12(3)4/h5-12H,1-2H2,3-4H3/b13-9+. The van der Waals surface area contributed by atoms with Crippen molar-refractivity contribution in [2.45, 2.75) is 19.8 Å². The van der Waals surface area contributed by atoms with Gasteiger partial charge in [-0.25, -0.2) is 0 Å². The lowest BCUT2D eigenvalue weighted by atomic mass is 9.92. The van der Waals surface area contributed by atoms with Crippen LogP contribution in [-0.4, -0.2) is 0 Å². The summed E-state index contributed by atoms with van der Waals surface area (Å²) in [5.41, 5.74) is 3.74. The molecule has 0 radical (unpaired) electrons. The van der Waals surface area contributed by atoms with Gasteiger partial charge in [0.05, 0.1) is 0 Å². The number of rotatable bonds is 4. The minimum absolute atomic E-state index is 0.523. The Kier molecular flexibility index (Phi) is 4.11. The van der Waals surface area contributed by atoms with Crippen molar-refractivity contribution in [3.63, 3.8) is 0 Å². The number of hydrogen-bond acceptors (Lipinski definition) is 0. The second kappa shape index (κ2) is 5.35. The van der Waals surface area contributed by atoms with Gasteiger partial charge in [-0.1, -0.05) is 69.5 Å². The molecular formula is C15H18. The van der Waals surface area contributed by atoms with Gasteiger partial charge in [0.1, 0.15) is 0 Å². The Labute approximate surface area is 92.6 Å². The maximum Gasteiger partial charge on any atom is -0.0150 e. The zero-order chi connectivity index (χ0) is 11.3. The van der Waals surface area contributed by atoms with E-state index in [1.54, 1.807) is 6.08 Å². The molecule has 0 N–H and O–H groups in total. The molecule has 1 rings (SSSR count). The highest BCUT2D eigenvalue weighted by molar-refractivity contribution is 5.76. The minimum atomic E-state index is 0.523. The van der Waals surface area contributed by atoms with Crippen molar-refractivity contribution < 1.29 is 0 Å². The normalized spacial score (nSPS) is 11.5. The van der Waals surface area contributed by atoms with E-state index in [9.17, 15) is 0 Å². The maximum absolute atomic E-state index is 3.84. The summed E-state index contributed by atoms with van der Waals surface area (Å²) < 4.78 is 0. The molecule has 0 aliphatic heterocycles. The SMILES string of the molecule is C=C/C=C(\C=C)c1ccccc1C(C)C. The highest BCUT2D eigenvalue weighted by atomic mass is 14.1. The van der Waals surface area contributed by atoms with Crippen LogP contribution < -0.4 is 0 Å². The van der Waals surface area contributed by atoms with Gasteiger partial charge in [0.25, 0.3) is 0 Å². The molecule has 0 amide bonds. The molecule has 0 aliphatic carbocycles. The smallest absolute Gasteiger partial charge is 0.0150 e. The summed E-state index contributed by atoms with van der Waals surface area (Å²) in [5.74, 6) is 0.523. The first-order chi connectivity index (χ1) is 7.20. The predicted octanol–water partition coefficient (Wildman–Crippen LogP) is 4.57. The third kappa shape index (κ3) is 2.69. The molecule has 0 heteroatoms. The van der Waals surface area contributed by atoms with Crippen molar-refractivity contribution in [3.05, 3.63) is 66.8 Å². The van der Waals surface area contributed by atoms with Gasteiger partial charge in [-0.05, 0) is 22.6 Å². The molecule has 0 unspecified atom stereocenters. The second-order valence-corrected chi connectivity index (χ2v) is 3.80. The van der Waals surface area contributed by atoms with E-state index in [-0.39, 0.29) is 0 Å². The van der Waals surface area contributed by atoms with Crippen LogP contribution in [0.4, 0.5) is 0 Å². The van der Waals surface area contributed by atoms with Gasteiger partial charge < -0.3 is 0 Å². The molecule has 0 bridgehead atoms. The zero-order valence-electron chi connectivity index (χ0n) is 9.53. The molecule has 0 nitrogen and oxygen atoms in total. The molecule has 1 aromatic rings. The van der Waals surface area contributed by atoms with Crippen LogP contribution >= 0.6 is 0 Å². The van der Waals surface area contributed by atoms with E-state index in [0.717, 1.165) is 5.57 Å². The average molecular weight is 198 g/mol.